The first-order chi connectivity index (χ1) is 12.3. The number of hydrazine groups is 1. The lowest BCUT2D eigenvalue weighted by molar-refractivity contribution is -0.148. The molecule has 27 heavy (non-hydrogen) atoms. The van der Waals surface area contributed by atoms with Gasteiger partial charge < -0.3 is 10.1 Å². The second kappa shape index (κ2) is 8.56. The lowest BCUT2D eigenvalue weighted by atomic mass is 10.2. The number of hydrogen-bond acceptors (Lipinski definition) is 4. The predicted octanol–water partition coefficient (Wildman–Crippen LogP) is 3.26. The van der Waals surface area contributed by atoms with Crippen LogP contribution in [0, 0.1) is 0 Å². The van der Waals surface area contributed by atoms with Gasteiger partial charge in [0.05, 0.1) is 0 Å². The third-order valence-electron chi connectivity index (χ3n) is 2.77. The Balaban J connectivity index is 2.98. The molecule has 3 amide bonds. The highest BCUT2D eigenvalue weighted by Crippen LogP contribution is 2.18. The molecule has 2 N–H and O–H groups in total. The van der Waals surface area contributed by atoms with E-state index in [1.807, 2.05) is 5.43 Å². The van der Waals surface area contributed by atoms with Gasteiger partial charge in [0.15, 0.2) is 0 Å². The number of hydrogen-bond donors (Lipinski definition) is 2. The van der Waals surface area contributed by atoms with Gasteiger partial charge in [-0.1, -0.05) is 12.6 Å². The molecule has 1 rings (SSSR count). The van der Waals surface area contributed by atoms with Crippen LogP contribution in [-0.2, 0) is 9.53 Å². The maximum absolute atomic E-state index is 12.7. The Morgan fingerprint density at radius 3 is 2.37 bits per heavy atom. The summed E-state index contributed by atoms with van der Waals surface area (Å²) in [7, 11) is 0. The zero-order valence-corrected chi connectivity index (χ0v) is 15.0. The monoisotopic (exact) mass is 387 g/mol. The normalized spacial score (nSPS) is 11.3. The van der Waals surface area contributed by atoms with Crippen molar-refractivity contribution in [1.29, 1.82) is 0 Å². The Kier molecular flexibility index (Phi) is 6.98. The summed E-state index contributed by atoms with van der Waals surface area (Å²) in [5.74, 6) is -1.51. The molecule has 0 bridgehead atoms. The highest BCUT2D eigenvalue weighted by Gasteiger charge is 2.36. The van der Waals surface area contributed by atoms with Gasteiger partial charge in [-0.05, 0) is 45.0 Å². The lowest BCUT2D eigenvalue weighted by Crippen LogP contribution is -2.51. The summed E-state index contributed by atoms with van der Waals surface area (Å²) in [6.07, 6.45) is -5.10. The fourth-order valence-corrected chi connectivity index (χ4v) is 1.76. The number of alkyl halides is 3. The number of halogens is 3. The van der Waals surface area contributed by atoms with Crippen LogP contribution in [0.1, 0.15) is 31.1 Å². The van der Waals surface area contributed by atoms with E-state index in [0.717, 1.165) is 6.08 Å². The molecule has 10 heteroatoms. The average molecular weight is 387 g/mol. The molecule has 0 aliphatic heterocycles. The van der Waals surface area contributed by atoms with Crippen LogP contribution >= 0.6 is 0 Å². The molecular weight excluding hydrogens is 367 g/mol. The van der Waals surface area contributed by atoms with Crippen LogP contribution in [0.2, 0.25) is 0 Å². The summed E-state index contributed by atoms with van der Waals surface area (Å²) in [5.41, 5.74) is 0.971. The standard InChI is InChI=1S/C17H20F3N3O4/c1-5-13(24)21-12-8-6-7-11(9-12)14(25)22-23(10-17(18,19)20)15(26)27-16(2,3)4/h5-9H,1,10H2,2-4H3,(H,21,24)(H,22,25). The summed E-state index contributed by atoms with van der Waals surface area (Å²) >= 11 is 0. The van der Waals surface area contributed by atoms with E-state index < -0.39 is 36.2 Å². The quantitative estimate of drug-likeness (QED) is 0.613. The maximum Gasteiger partial charge on any atom is 0.429 e. The molecule has 148 valence electrons. The molecule has 7 nitrogen and oxygen atoms in total. The molecule has 0 saturated carbocycles. The number of anilines is 1. The molecule has 0 atom stereocenters. The molecule has 0 unspecified atom stereocenters. The van der Waals surface area contributed by atoms with Crippen molar-refractivity contribution in [3.05, 3.63) is 42.5 Å². The summed E-state index contributed by atoms with van der Waals surface area (Å²) in [6.45, 7) is 5.97. The van der Waals surface area contributed by atoms with Crippen LogP contribution in [0.15, 0.2) is 36.9 Å². The first kappa shape index (κ1) is 22.0. The van der Waals surface area contributed by atoms with E-state index in [-0.39, 0.29) is 16.3 Å². The summed E-state index contributed by atoms with van der Waals surface area (Å²) in [6, 6.07) is 5.42. The smallest absolute Gasteiger partial charge is 0.429 e. The second-order valence-corrected chi connectivity index (χ2v) is 6.40. The molecule has 0 radical (unpaired) electrons. The highest BCUT2D eigenvalue weighted by atomic mass is 19.4. The van der Waals surface area contributed by atoms with Gasteiger partial charge in [-0.15, -0.1) is 0 Å². The number of carbonyl (C=O) groups is 3. The first-order valence-corrected chi connectivity index (χ1v) is 7.72. The number of nitrogens with zero attached hydrogens (tertiary/aromatic N) is 1. The molecule has 0 fully saturated rings. The van der Waals surface area contributed by atoms with E-state index in [1.165, 1.54) is 45.0 Å². The molecule has 0 spiro atoms. The third-order valence-corrected chi connectivity index (χ3v) is 2.77. The topological polar surface area (TPSA) is 87.7 Å². The minimum Gasteiger partial charge on any atom is -0.442 e. The summed E-state index contributed by atoms with van der Waals surface area (Å²) < 4.78 is 43.1. The number of rotatable bonds is 4. The van der Waals surface area contributed by atoms with Gasteiger partial charge in [-0.25, -0.2) is 9.80 Å². The lowest BCUT2D eigenvalue weighted by Gasteiger charge is -2.28. The highest BCUT2D eigenvalue weighted by molar-refractivity contribution is 6.01. The van der Waals surface area contributed by atoms with Crippen LogP contribution < -0.4 is 10.7 Å². The van der Waals surface area contributed by atoms with Crippen molar-refractivity contribution >= 4 is 23.6 Å². The predicted molar refractivity (Wildman–Crippen MR) is 91.7 cm³/mol. The van der Waals surface area contributed by atoms with Crippen molar-refractivity contribution in [2.45, 2.75) is 32.5 Å². The molecule has 0 aliphatic rings. The molecule has 1 aromatic rings. The zero-order valence-electron chi connectivity index (χ0n) is 15.0. The van der Waals surface area contributed by atoms with Crippen molar-refractivity contribution < 1.29 is 32.3 Å². The summed E-state index contributed by atoms with van der Waals surface area (Å²) in [5, 5.41) is 2.45. The molecule has 0 aliphatic carbocycles. The van der Waals surface area contributed by atoms with Gasteiger partial charge in [-0.3, -0.25) is 15.0 Å². The molecule has 0 heterocycles. The number of carbonyl (C=O) groups excluding carboxylic acids is 3. The van der Waals surface area contributed by atoms with Gasteiger partial charge in [-0.2, -0.15) is 13.2 Å². The van der Waals surface area contributed by atoms with E-state index >= 15 is 0 Å². The van der Waals surface area contributed by atoms with Crippen molar-refractivity contribution in [2.24, 2.45) is 0 Å². The molecule has 1 aromatic carbocycles. The van der Waals surface area contributed by atoms with E-state index in [2.05, 4.69) is 11.9 Å². The van der Waals surface area contributed by atoms with Gasteiger partial charge in [0.2, 0.25) is 5.91 Å². The van der Waals surface area contributed by atoms with Crippen LogP contribution in [0.3, 0.4) is 0 Å². The first-order valence-electron chi connectivity index (χ1n) is 7.72. The van der Waals surface area contributed by atoms with Gasteiger partial charge in [0, 0.05) is 11.3 Å². The molecule has 0 aromatic heterocycles. The fourth-order valence-electron chi connectivity index (χ4n) is 1.76. The number of amides is 3. The van der Waals surface area contributed by atoms with Gasteiger partial charge in [0.25, 0.3) is 5.91 Å². The number of ether oxygens (including phenoxy) is 1. The van der Waals surface area contributed by atoms with E-state index in [1.54, 1.807) is 0 Å². The maximum atomic E-state index is 12.7. The van der Waals surface area contributed by atoms with Crippen LogP contribution in [-0.4, -0.2) is 41.2 Å². The number of benzene rings is 1. The van der Waals surface area contributed by atoms with Crippen LogP contribution in [0.5, 0.6) is 0 Å². The Morgan fingerprint density at radius 1 is 1.22 bits per heavy atom. The third kappa shape index (κ3) is 8.25. The van der Waals surface area contributed by atoms with Gasteiger partial charge in [0.1, 0.15) is 12.1 Å². The minimum atomic E-state index is -4.76. The van der Waals surface area contributed by atoms with Crippen molar-refractivity contribution in [1.82, 2.24) is 10.4 Å². The molecule has 0 saturated heterocycles. The fraction of sp³-hybridized carbons (Fsp3) is 0.353. The van der Waals surface area contributed by atoms with Crippen molar-refractivity contribution in [3.8, 4) is 0 Å². The Labute approximate surface area is 154 Å². The Hall–Kier alpha value is -3.04. The largest absolute Gasteiger partial charge is 0.442 e. The minimum absolute atomic E-state index is 0.0442. The van der Waals surface area contributed by atoms with Crippen LogP contribution in [0.25, 0.3) is 0 Å². The van der Waals surface area contributed by atoms with E-state index in [4.69, 9.17) is 4.74 Å². The van der Waals surface area contributed by atoms with E-state index in [9.17, 15) is 27.6 Å². The SMILES string of the molecule is C=CC(=O)Nc1cccc(C(=O)NN(CC(F)(F)F)C(=O)OC(C)(C)C)c1. The van der Waals surface area contributed by atoms with Crippen molar-refractivity contribution in [2.75, 3.05) is 11.9 Å². The van der Waals surface area contributed by atoms with Gasteiger partial charge >= 0.3 is 12.3 Å². The second-order valence-electron chi connectivity index (χ2n) is 6.40. The van der Waals surface area contributed by atoms with Crippen molar-refractivity contribution in [3.63, 3.8) is 0 Å². The Morgan fingerprint density at radius 2 is 1.85 bits per heavy atom. The average Bonchev–Trinajstić information content (AvgIpc) is 2.51. The van der Waals surface area contributed by atoms with E-state index in [0.29, 0.717) is 0 Å². The number of nitrogens with one attached hydrogen (secondary N) is 2. The Bertz CT molecular complexity index is 727. The summed E-state index contributed by atoms with van der Waals surface area (Å²) in [4.78, 5) is 35.5. The zero-order chi connectivity index (χ0) is 20.8. The van der Waals surface area contributed by atoms with Crippen LogP contribution in [0.4, 0.5) is 23.7 Å². The molecular formula is C17H20F3N3O4.